The molecule has 0 radical (unpaired) electrons. The molecule has 2 nitrogen and oxygen atoms in total. The van der Waals surface area contributed by atoms with Gasteiger partial charge < -0.3 is 5.11 Å². The van der Waals surface area contributed by atoms with Gasteiger partial charge >= 0.3 is 0 Å². The normalized spacial score (nSPS) is 30.4. The average Bonchev–Trinajstić information content (AvgIpc) is 1.95. The highest BCUT2D eigenvalue weighted by Gasteiger charge is 2.27. The van der Waals surface area contributed by atoms with Crippen molar-refractivity contribution in [2.75, 3.05) is 0 Å². The number of allylic oxidation sites excluding steroid dienone is 2. The van der Waals surface area contributed by atoms with Crippen molar-refractivity contribution in [3.63, 3.8) is 0 Å². The molecule has 0 aliphatic heterocycles. The second-order valence-electron chi connectivity index (χ2n) is 2.23. The summed E-state index contributed by atoms with van der Waals surface area (Å²) >= 11 is 4.02. The van der Waals surface area contributed by atoms with Gasteiger partial charge in [-0.05, 0) is 51.3 Å². The van der Waals surface area contributed by atoms with Crippen molar-refractivity contribution in [1.82, 2.24) is 0 Å². The van der Waals surface area contributed by atoms with E-state index < -0.39 is 3.61 Å². The van der Waals surface area contributed by atoms with Crippen LogP contribution in [-0.2, 0) is 0 Å². The summed E-state index contributed by atoms with van der Waals surface area (Å²) in [4.78, 5) is 0. The number of hydrogen-bond acceptors (Lipinski definition) is 2. The fraction of sp³-hybridized carbons (Fsp3) is 0.286. The summed E-state index contributed by atoms with van der Waals surface area (Å²) in [5.41, 5.74) is 0.635. The fourth-order valence-corrected chi connectivity index (χ4v) is 1.66. The number of alkyl halides is 1. The molecule has 0 aromatic rings. The van der Waals surface area contributed by atoms with Crippen LogP contribution in [0.5, 0.6) is 0 Å². The highest BCUT2D eigenvalue weighted by molar-refractivity contribution is 14.1. The van der Waals surface area contributed by atoms with E-state index in [1.807, 2.05) is 51.3 Å². The van der Waals surface area contributed by atoms with Crippen LogP contribution in [0, 0.1) is 11.3 Å². The monoisotopic (exact) mass is 373 g/mol. The molecule has 0 amide bonds. The van der Waals surface area contributed by atoms with Crippen LogP contribution in [0.4, 0.5) is 0 Å². The summed E-state index contributed by atoms with van der Waals surface area (Å²) in [6.07, 6.45) is 3.97. The lowest BCUT2D eigenvalue weighted by molar-refractivity contribution is 0.206. The average molecular weight is 373 g/mol. The van der Waals surface area contributed by atoms with Crippen LogP contribution in [0.3, 0.4) is 0 Å². The van der Waals surface area contributed by atoms with Gasteiger partial charge in [-0.2, -0.15) is 5.26 Å². The van der Waals surface area contributed by atoms with Gasteiger partial charge in [0, 0.05) is 15.6 Å². The zero-order valence-electron chi connectivity index (χ0n) is 5.51. The Morgan fingerprint density at radius 3 is 2.82 bits per heavy atom. The van der Waals surface area contributed by atoms with E-state index in [0.717, 1.165) is 3.58 Å². The van der Waals surface area contributed by atoms with Gasteiger partial charge in [-0.1, -0.05) is 6.08 Å². The van der Waals surface area contributed by atoms with Gasteiger partial charge in [0.05, 0.1) is 6.07 Å². The third kappa shape index (κ3) is 2.16. The van der Waals surface area contributed by atoms with Crippen LogP contribution in [0.15, 0.2) is 21.3 Å². The van der Waals surface area contributed by atoms with Crippen molar-refractivity contribution in [1.29, 1.82) is 5.26 Å². The molecule has 4 heteroatoms. The maximum Gasteiger partial charge on any atom is 0.150 e. The van der Waals surface area contributed by atoms with E-state index in [-0.39, 0.29) is 0 Å². The lowest BCUT2D eigenvalue weighted by Gasteiger charge is -2.22. The second-order valence-corrected chi connectivity index (χ2v) is 5.17. The number of nitriles is 1. The van der Waals surface area contributed by atoms with Crippen molar-refractivity contribution in [3.8, 4) is 6.07 Å². The molecule has 0 saturated heterocycles. The Labute approximate surface area is 92.3 Å². The molecule has 0 aromatic heterocycles. The predicted molar refractivity (Wildman–Crippen MR) is 59.4 cm³/mol. The zero-order chi connectivity index (χ0) is 8.48. The second kappa shape index (κ2) is 3.41. The molecule has 0 spiro atoms. The van der Waals surface area contributed by atoms with Crippen LogP contribution >= 0.6 is 45.2 Å². The molecule has 0 bridgehead atoms. The number of aliphatic hydroxyl groups is 1. The molecule has 0 aromatic carbocycles. The summed E-state index contributed by atoms with van der Waals surface area (Å²) in [5.74, 6) is 0. The van der Waals surface area contributed by atoms with Crippen molar-refractivity contribution < 1.29 is 5.11 Å². The first-order chi connectivity index (χ1) is 5.06. The lowest BCUT2D eigenvalue weighted by atomic mass is 10.1. The van der Waals surface area contributed by atoms with E-state index >= 15 is 0 Å². The fourth-order valence-electron chi connectivity index (χ4n) is 0.727. The van der Waals surface area contributed by atoms with Gasteiger partial charge in [-0.25, -0.2) is 0 Å². The SMILES string of the molecule is N#CC1=CCC(O)(I)C(I)=C1. The molecular formula is C7H5I2NO. The Morgan fingerprint density at radius 2 is 2.36 bits per heavy atom. The van der Waals surface area contributed by atoms with Crippen molar-refractivity contribution in [3.05, 3.63) is 21.3 Å². The molecule has 0 fully saturated rings. The topological polar surface area (TPSA) is 44.0 Å². The number of rotatable bonds is 0. The molecule has 1 unspecified atom stereocenters. The minimum Gasteiger partial charge on any atom is -0.375 e. The minimum absolute atomic E-state index is 0.519. The molecule has 1 rings (SSSR count). The van der Waals surface area contributed by atoms with Crippen LogP contribution in [0.2, 0.25) is 0 Å². The summed E-state index contributed by atoms with van der Waals surface area (Å²) in [7, 11) is 0. The molecule has 11 heavy (non-hydrogen) atoms. The van der Waals surface area contributed by atoms with Crippen molar-refractivity contribution in [2.24, 2.45) is 0 Å². The molecule has 1 atom stereocenters. The van der Waals surface area contributed by atoms with Gasteiger partial charge in [0.1, 0.15) is 3.61 Å². The minimum atomic E-state index is -0.793. The predicted octanol–water partition coefficient (Wildman–Crippen LogP) is 2.28. The van der Waals surface area contributed by atoms with Gasteiger partial charge in [0.25, 0.3) is 0 Å². The quantitative estimate of drug-likeness (QED) is 0.523. The van der Waals surface area contributed by atoms with Crippen molar-refractivity contribution in [2.45, 2.75) is 10.0 Å². The van der Waals surface area contributed by atoms with Gasteiger partial charge in [0.15, 0.2) is 0 Å². The molecular weight excluding hydrogens is 368 g/mol. The Morgan fingerprint density at radius 1 is 1.73 bits per heavy atom. The Hall–Kier alpha value is 0.390. The number of nitrogens with zero attached hydrogens (tertiary/aromatic N) is 1. The summed E-state index contributed by atoms with van der Waals surface area (Å²) < 4.78 is 0.0216. The van der Waals surface area contributed by atoms with Crippen LogP contribution in [0.25, 0.3) is 0 Å². The standard InChI is InChI=1S/C7H5I2NO/c8-6-3-5(4-10)1-2-7(6,9)11/h1,3,11H,2H2. The third-order valence-electron chi connectivity index (χ3n) is 1.37. The first-order valence-electron chi connectivity index (χ1n) is 2.95. The number of hydrogen-bond donors (Lipinski definition) is 1. The van der Waals surface area contributed by atoms with Gasteiger partial charge in [-0.3, -0.25) is 0 Å². The van der Waals surface area contributed by atoms with Crippen LogP contribution in [0.1, 0.15) is 6.42 Å². The van der Waals surface area contributed by atoms with E-state index in [9.17, 15) is 5.11 Å². The lowest BCUT2D eigenvalue weighted by Crippen LogP contribution is -2.20. The molecule has 1 aliphatic rings. The van der Waals surface area contributed by atoms with Gasteiger partial charge in [0.2, 0.25) is 0 Å². The Bertz CT molecular complexity index is 273. The van der Waals surface area contributed by atoms with E-state index in [0.29, 0.717) is 12.0 Å². The molecule has 0 saturated carbocycles. The summed E-state index contributed by atoms with van der Waals surface area (Å²) in [5, 5.41) is 18.1. The first kappa shape index (κ1) is 9.48. The largest absolute Gasteiger partial charge is 0.375 e. The Balaban J connectivity index is 2.93. The van der Waals surface area contributed by atoms with Crippen LogP contribution in [-0.4, -0.2) is 8.71 Å². The highest BCUT2D eigenvalue weighted by atomic mass is 127. The zero-order valence-corrected chi connectivity index (χ0v) is 9.83. The molecule has 1 aliphatic carbocycles. The smallest absolute Gasteiger partial charge is 0.150 e. The van der Waals surface area contributed by atoms with E-state index in [4.69, 9.17) is 5.26 Å². The first-order valence-corrected chi connectivity index (χ1v) is 5.11. The number of halogens is 2. The third-order valence-corrected chi connectivity index (χ3v) is 4.63. The summed E-state index contributed by atoms with van der Waals surface area (Å²) in [6.45, 7) is 0. The maximum absolute atomic E-state index is 9.61. The summed E-state index contributed by atoms with van der Waals surface area (Å²) in [6, 6.07) is 2.04. The highest BCUT2D eigenvalue weighted by Crippen LogP contribution is 2.37. The molecule has 1 N–H and O–H groups in total. The molecule has 0 heterocycles. The van der Waals surface area contributed by atoms with Gasteiger partial charge in [-0.15, -0.1) is 0 Å². The maximum atomic E-state index is 9.61. The van der Waals surface area contributed by atoms with Crippen LogP contribution < -0.4 is 0 Å². The van der Waals surface area contributed by atoms with E-state index in [1.165, 1.54) is 0 Å². The van der Waals surface area contributed by atoms with E-state index in [1.54, 1.807) is 12.2 Å². The van der Waals surface area contributed by atoms with E-state index in [2.05, 4.69) is 0 Å². The van der Waals surface area contributed by atoms with Crippen molar-refractivity contribution >= 4 is 45.2 Å². The Kier molecular flexibility index (Phi) is 2.94. The molecule has 58 valence electrons.